The Morgan fingerprint density at radius 1 is 0.881 bits per heavy atom. The van der Waals surface area contributed by atoms with Gasteiger partial charge in [-0.25, -0.2) is 4.98 Å². The zero-order valence-corrected chi connectivity index (χ0v) is 35.0. The van der Waals surface area contributed by atoms with Crippen molar-refractivity contribution in [2.45, 2.75) is 123 Å². The van der Waals surface area contributed by atoms with Gasteiger partial charge in [0.05, 0.1) is 59.5 Å². The molecule has 1 aliphatic rings. The topological polar surface area (TPSA) is 257 Å². The van der Waals surface area contributed by atoms with E-state index in [4.69, 9.17) is 21.9 Å². The summed E-state index contributed by atoms with van der Waals surface area (Å²) in [4.78, 5) is 63.5. The zero-order valence-electron chi connectivity index (χ0n) is 35.0. The Morgan fingerprint density at radius 2 is 1.54 bits per heavy atom. The Morgan fingerprint density at radius 3 is 2.17 bits per heavy atom. The molecule has 14 nitrogen and oxygen atoms in total. The summed E-state index contributed by atoms with van der Waals surface area (Å²) in [7, 11) is 0. The van der Waals surface area contributed by atoms with E-state index < -0.39 is 71.5 Å². The van der Waals surface area contributed by atoms with Gasteiger partial charge in [0.1, 0.15) is 22.8 Å². The lowest BCUT2D eigenvalue weighted by molar-refractivity contribution is -0.132. The minimum atomic E-state index is -1.81. The second-order valence-corrected chi connectivity index (χ2v) is 16.8. The Bertz CT molecular complexity index is 2120. The number of amides is 1. The van der Waals surface area contributed by atoms with Crippen molar-refractivity contribution in [1.82, 2.24) is 15.3 Å². The van der Waals surface area contributed by atoms with Crippen LogP contribution in [-0.2, 0) is 16.1 Å². The van der Waals surface area contributed by atoms with E-state index in [0.29, 0.717) is 36.4 Å². The van der Waals surface area contributed by atoms with E-state index in [1.165, 1.54) is 13.8 Å². The van der Waals surface area contributed by atoms with Gasteiger partial charge in [0, 0.05) is 23.4 Å². The van der Waals surface area contributed by atoms with Gasteiger partial charge in [-0.15, -0.1) is 0 Å². The summed E-state index contributed by atoms with van der Waals surface area (Å²) >= 11 is 0. The highest BCUT2D eigenvalue weighted by Crippen LogP contribution is 2.40. The third-order valence-corrected chi connectivity index (χ3v) is 12.2. The number of rotatable bonds is 19. The number of imidazole rings is 1. The second-order valence-electron chi connectivity index (χ2n) is 16.8. The summed E-state index contributed by atoms with van der Waals surface area (Å²) in [5.41, 5.74) is 19.3. The van der Waals surface area contributed by atoms with Gasteiger partial charge in [-0.05, 0) is 55.9 Å². The number of nitrogens with zero attached hydrogens (tertiary/aromatic N) is 1. The fraction of sp³-hybridized carbons (Fsp3) is 0.533. The van der Waals surface area contributed by atoms with Crippen LogP contribution < -0.4 is 27.3 Å². The molecular weight excluding hydrogens is 753 g/mol. The van der Waals surface area contributed by atoms with E-state index in [1.807, 2.05) is 44.2 Å². The quantitative estimate of drug-likeness (QED) is 0.0601. The van der Waals surface area contributed by atoms with Crippen LogP contribution in [0, 0.1) is 29.6 Å². The van der Waals surface area contributed by atoms with Gasteiger partial charge in [0.2, 0.25) is 5.91 Å². The predicted octanol–water partition coefficient (Wildman–Crippen LogP) is 4.68. The van der Waals surface area contributed by atoms with Crippen molar-refractivity contribution < 1.29 is 39.2 Å². The zero-order chi connectivity index (χ0) is 43.3. The number of carbonyl (C=O) groups is 4. The number of fused-ring (bicyclic) bond motifs is 2. The monoisotopic (exact) mass is 814 g/mol. The number of ketones is 3. The molecule has 59 heavy (non-hydrogen) atoms. The van der Waals surface area contributed by atoms with Crippen LogP contribution in [0.5, 0.6) is 11.5 Å². The van der Waals surface area contributed by atoms with Crippen LogP contribution in [0.25, 0.3) is 21.8 Å². The number of aromatic nitrogens is 2. The second kappa shape index (κ2) is 19.7. The lowest BCUT2D eigenvalue weighted by Crippen LogP contribution is -2.58. The van der Waals surface area contributed by atoms with Crippen LogP contribution in [-0.4, -0.2) is 85.0 Å². The average molecular weight is 815 g/mol. The van der Waals surface area contributed by atoms with Gasteiger partial charge in [0.25, 0.3) is 0 Å². The lowest BCUT2D eigenvalue weighted by atomic mass is 9.69. The first-order valence-electron chi connectivity index (χ1n) is 20.9. The standard InChI is InChI=1S/C45H62N6O8/c1-7-23(4)37(46)45(58)49-21-32-50-29-20-31(59-30-19-13-17-26-14-11-12-18-28(26)30)36(34(24(5)52)40(29)51-32)41(54)33(22(2)3)43(56)44(57)39(48)35(27-15-9-8-10-16-27)42(55)38(47)25(6)53/h11-14,17-20,22-23,25,27,33,35,37-39,43-44,53,56-57H,7-10,15-16,21,46-48H2,1-6H3,(H,49,58)(H,50,51)/t23-,25+,33?,35?,37-,38-,39?,43?,44?/m0/s1. The lowest BCUT2D eigenvalue weighted by Gasteiger charge is -2.39. The predicted molar refractivity (Wildman–Crippen MR) is 227 cm³/mol. The molecule has 0 radical (unpaired) electrons. The number of hydrogen-bond acceptors (Lipinski definition) is 12. The summed E-state index contributed by atoms with van der Waals surface area (Å²) in [5.74, 6) is -4.70. The Hall–Kier alpha value is -4.57. The van der Waals surface area contributed by atoms with Gasteiger partial charge in [0.15, 0.2) is 17.3 Å². The molecule has 0 saturated heterocycles. The number of aliphatic hydroxyl groups is 3. The van der Waals surface area contributed by atoms with E-state index in [2.05, 4.69) is 15.3 Å². The highest BCUT2D eigenvalue weighted by molar-refractivity contribution is 6.17. The largest absolute Gasteiger partial charge is 0.456 e. The van der Waals surface area contributed by atoms with Gasteiger partial charge >= 0.3 is 0 Å². The molecule has 5 rings (SSSR count). The summed E-state index contributed by atoms with van der Waals surface area (Å²) in [6.45, 7) is 9.90. The molecule has 1 saturated carbocycles. The van der Waals surface area contributed by atoms with Gasteiger partial charge in [-0.1, -0.05) is 89.8 Å². The molecule has 3 aromatic carbocycles. The number of Topliss-reactive ketones (excluding diaryl/α,β-unsaturated/α-hetero) is 3. The van der Waals surface area contributed by atoms with Gasteiger partial charge in [-0.2, -0.15) is 0 Å². The summed E-state index contributed by atoms with van der Waals surface area (Å²) in [5, 5.41) is 38.6. The first-order valence-corrected chi connectivity index (χ1v) is 20.9. The molecular formula is C45H62N6O8. The Labute approximate surface area is 345 Å². The maximum Gasteiger partial charge on any atom is 0.237 e. The van der Waals surface area contributed by atoms with Crippen molar-refractivity contribution in [3.8, 4) is 11.5 Å². The molecule has 9 atom stereocenters. The maximum absolute atomic E-state index is 15.2. The highest BCUT2D eigenvalue weighted by atomic mass is 16.5. The number of hydrogen-bond donors (Lipinski definition) is 8. The fourth-order valence-electron chi connectivity index (χ4n) is 8.49. The van der Waals surface area contributed by atoms with Crippen LogP contribution in [0.1, 0.15) is 107 Å². The molecule has 0 aliphatic heterocycles. The van der Waals surface area contributed by atoms with Gasteiger partial charge < -0.3 is 47.6 Å². The first kappa shape index (κ1) is 45.5. The van der Waals surface area contributed by atoms with Crippen molar-refractivity contribution >= 4 is 45.1 Å². The number of H-pyrrole nitrogens is 1. The van der Waals surface area contributed by atoms with E-state index in [1.54, 1.807) is 32.0 Å². The van der Waals surface area contributed by atoms with Crippen molar-refractivity contribution in [2.24, 2.45) is 46.8 Å². The van der Waals surface area contributed by atoms with E-state index >= 15 is 4.79 Å². The third-order valence-electron chi connectivity index (χ3n) is 12.2. The highest BCUT2D eigenvalue weighted by Gasteiger charge is 2.46. The molecule has 320 valence electrons. The number of ether oxygens (including phenoxy) is 1. The van der Waals surface area contributed by atoms with E-state index in [9.17, 15) is 29.7 Å². The maximum atomic E-state index is 15.2. The number of aliphatic hydroxyl groups excluding tert-OH is 3. The molecule has 1 amide bonds. The molecule has 11 N–H and O–H groups in total. The molecule has 4 aromatic rings. The molecule has 1 aliphatic carbocycles. The molecule has 1 aromatic heterocycles. The number of nitrogens with two attached hydrogens (primary N) is 3. The average Bonchev–Trinajstić information content (AvgIpc) is 3.63. The first-order chi connectivity index (χ1) is 28.0. The van der Waals surface area contributed by atoms with Crippen LogP contribution in [0.15, 0.2) is 48.5 Å². The number of nitrogens with one attached hydrogen (secondary N) is 2. The van der Waals surface area contributed by atoms with E-state index in [-0.39, 0.29) is 46.7 Å². The number of carbonyl (C=O) groups excluding carboxylic acids is 4. The van der Waals surface area contributed by atoms with E-state index in [0.717, 1.165) is 30.0 Å². The Balaban J connectivity index is 1.62. The fourth-order valence-corrected chi connectivity index (χ4v) is 8.49. The van der Waals surface area contributed by atoms with Crippen molar-refractivity contribution in [3.63, 3.8) is 0 Å². The minimum Gasteiger partial charge on any atom is -0.456 e. The van der Waals surface area contributed by atoms with Crippen LogP contribution in [0.4, 0.5) is 0 Å². The molecule has 5 unspecified atom stereocenters. The van der Waals surface area contributed by atoms with Crippen molar-refractivity contribution in [2.75, 3.05) is 0 Å². The summed E-state index contributed by atoms with van der Waals surface area (Å²) < 4.78 is 6.58. The van der Waals surface area contributed by atoms with Crippen LogP contribution in [0.3, 0.4) is 0 Å². The SMILES string of the molecule is CC[C@H](C)[C@H](N)C(=O)NCc1nc2c(C(C)=O)c(C(=O)C(C(C)C)C(O)C(O)C(N)C(C(=O)[C@@H](N)[C@@H](C)O)C3CCCCC3)c(Oc3cccc4ccccc34)cc2[nH]1. The van der Waals surface area contributed by atoms with Crippen molar-refractivity contribution in [1.29, 1.82) is 0 Å². The number of benzene rings is 3. The van der Waals surface area contributed by atoms with Crippen LogP contribution in [0.2, 0.25) is 0 Å². The molecule has 1 heterocycles. The van der Waals surface area contributed by atoms with Crippen molar-refractivity contribution in [3.05, 3.63) is 65.5 Å². The molecule has 0 bridgehead atoms. The molecule has 14 heteroatoms. The minimum absolute atomic E-state index is 0.00288. The van der Waals surface area contributed by atoms with Gasteiger partial charge in [-0.3, -0.25) is 19.2 Å². The smallest absolute Gasteiger partial charge is 0.237 e. The Kier molecular flexibility index (Phi) is 15.2. The normalized spacial score (nSPS) is 18.4. The molecule has 1 fully saturated rings. The van der Waals surface area contributed by atoms with Crippen LogP contribution >= 0.6 is 0 Å². The third kappa shape index (κ3) is 9.91. The number of aromatic amines is 1. The summed E-state index contributed by atoms with van der Waals surface area (Å²) in [6.07, 6.45) is -0.0610. The molecule has 0 spiro atoms. The summed E-state index contributed by atoms with van der Waals surface area (Å²) in [6, 6.07) is 11.2.